The molecule has 0 N–H and O–H groups in total. The van der Waals surface area contributed by atoms with E-state index in [1.54, 1.807) is 7.11 Å². The molecular weight excluding hydrogens is 284 g/mol. The van der Waals surface area contributed by atoms with Crippen LogP contribution in [0.1, 0.15) is 27.9 Å². The van der Waals surface area contributed by atoms with Crippen LogP contribution in [0.5, 0.6) is 5.75 Å². The molecule has 3 heteroatoms. The Morgan fingerprint density at radius 1 is 1.10 bits per heavy atom. The van der Waals surface area contributed by atoms with Gasteiger partial charge >= 0.3 is 0 Å². The molecule has 0 fully saturated rings. The minimum atomic E-state index is 0.105. The molecule has 0 heterocycles. The van der Waals surface area contributed by atoms with Crippen molar-refractivity contribution < 1.29 is 9.53 Å². The average molecular weight is 299 g/mol. The van der Waals surface area contributed by atoms with E-state index in [0.29, 0.717) is 5.02 Å². The van der Waals surface area contributed by atoms with E-state index < -0.39 is 0 Å². The first-order chi connectivity index (χ1) is 10.2. The van der Waals surface area contributed by atoms with Crippen molar-refractivity contribution in [2.75, 3.05) is 7.11 Å². The van der Waals surface area contributed by atoms with Crippen molar-refractivity contribution in [3.8, 4) is 5.75 Å². The number of aryl methyl sites for hydroxylation is 1. The highest BCUT2D eigenvalue weighted by molar-refractivity contribution is 6.30. The molecular formula is C18H15ClO2. The lowest BCUT2D eigenvalue weighted by atomic mass is 9.86. The largest absolute Gasteiger partial charge is 0.497 e. The maximum atomic E-state index is 12.6. The van der Waals surface area contributed by atoms with E-state index in [-0.39, 0.29) is 5.78 Å². The van der Waals surface area contributed by atoms with E-state index in [9.17, 15) is 4.79 Å². The van der Waals surface area contributed by atoms with E-state index in [1.807, 2.05) is 48.5 Å². The van der Waals surface area contributed by atoms with Crippen LogP contribution in [0.3, 0.4) is 0 Å². The van der Waals surface area contributed by atoms with Gasteiger partial charge in [-0.15, -0.1) is 0 Å². The van der Waals surface area contributed by atoms with Crippen LogP contribution in [0.25, 0.3) is 6.08 Å². The Morgan fingerprint density at radius 2 is 1.86 bits per heavy atom. The summed E-state index contributed by atoms with van der Waals surface area (Å²) in [5, 5.41) is 0.699. The quantitative estimate of drug-likeness (QED) is 0.760. The van der Waals surface area contributed by atoms with Gasteiger partial charge in [0.1, 0.15) is 5.75 Å². The normalized spacial score (nSPS) is 15.9. The van der Waals surface area contributed by atoms with Crippen LogP contribution in [0.15, 0.2) is 48.0 Å². The van der Waals surface area contributed by atoms with Crippen molar-refractivity contribution in [3.63, 3.8) is 0 Å². The van der Waals surface area contributed by atoms with Crippen molar-refractivity contribution in [1.29, 1.82) is 0 Å². The van der Waals surface area contributed by atoms with Gasteiger partial charge < -0.3 is 4.74 Å². The van der Waals surface area contributed by atoms with Crippen molar-refractivity contribution >= 4 is 23.5 Å². The van der Waals surface area contributed by atoms with E-state index >= 15 is 0 Å². The molecule has 0 radical (unpaired) electrons. The fourth-order valence-corrected chi connectivity index (χ4v) is 2.71. The second-order valence-electron chi connectivity index (χ2n) is 5.07. The first-order valence-corrected chi connectivity index (χ1v) is 7.23. The second kappa shape index (κ2) is 5.74. The van der Waals surface area contributed by atoms with E-state index in [2.05, 4.69) is 0 Å². The number of ether oxygens (including phenoxy) is 1. The third kappa shape index (κ3) is 2.86. The van der Waals surface area contributed by atoms with Crippen molar-refractivity contribution in [2.24, 2.45) is 0 Å². The summed E-state index contributed by atoms with van der Waals surface area (Å²) in [5.74, 6) is 0.903. The first-order valence-electron chi connectivity index (χ1n) is 6.85. The molecule has 1 aliphatic rings. The Kier molecular flexibility index (Phi) is 3.80. The zero-order valence-corrected chi connectivity index (χ0v) is 12.5. The van der Waals surface area contributed by atoms with Gasteiger partial charge in [0.05, 0.1) is 7.11 Å². The van der Waals surface area contributed by atoms with Crippen LogP contribution in [-0.2, 0) is 6.42 Å². The molecule has 0 aromatic heterocycles. The lowest BCUT2D eigenvalue weighted by molar-refractivity contribution is 0.102. The van der Waals surface area contributed by atoms with Gasteiger partial charge in [-0.05, 0) is 60.4 Å². The van der Waals surface area contributed by atoms with Gasteiger partial charge in [0.15, 0.2) is 5.78 Å². The molecule has 0 saturated carbocycles. The summed E-state index contributed by atoms with van der Waals surface area (Å²) in [5.41, 5.74) is 3.68. The zero-order valence-electron chi connectivity index (χ0n) is 11.7. The average Bonchev–Trinajstić information content (AvgIpc) is 2.52. The smallest absolute Gasteiger partial charge is 0.189 e. The second-order valence-corrected chi connectivity index (χ2v) is 5.51. The number of allylic oxidation sites excluding steroid dienone is 1. The molecule has 0 bridgehead atoms. The number of carbonyl (C=O) groups is 1. The number of Topliss-reactive ketones (excluding diaryl/α,β-unsaturated/α-hetero) is 1. The van der Waals surface area contributed by atoms with Crippen LogP contribution < -0.4 is 4.74 Å². The molecule has 0 atom stereocenters. The Labute approximate surface area is 129 Å². The third-order valence-corrected chi connectivity index (χ3v) is 3.98. The molecule has 2 aromatic rings. The molecule has 0 spiro atoms. The SMILES string of the molecule is COc1ccc2c(c1)CCC(=Cc1ccc(Cl)cc1)C2=O. The van der Waals surface area contributed by atoms with Crippen molar-refractivity contribution in [2.45, 2.75) is 12.8 Å². The number of ketones is 1. The number of methoxy groups -OCH3 is 1. The fourth-order valence-electron chi connectivity index (χ4n) is 2.58. The standard InChI is InChI=1S/C18H15ClO2/c1-21-16-8-9-17-13(11-16)4-5-14(18(17)20)10-12-2-6-15(19)7-3-12/h2-3,6-11H,4-5H2,1H3. The molecule has 0 unspecified atom stereocenters. The Hall–Kier alpha value is -2.06. The van der Waals surface area contributed by atoms with Gasteiger partial charge in [-0.2, -0.15) is 0 Å². The monoisotopic (exact) mass is 298 g/mol. The van der Waals surface area contributed by atoms with Crippen LogP contribution in [0, 0.1) is 0 Å². The summed E-state index contributed by atoms with van der Waals surface area (Å²) in [4.78, 5) is 12.6. The number of carbonyl (C=O) groups excluding carboxylic acids is 1. The molecule has 2 aromatic carbocycles. The molecule has 21 heavy (non-hydrogen) atoms. The molecule has 1 aliphatic carbocycles. The summed E-state index contributed by atoms with van der Waals surface area (Å²) < 4.78 is 5.21. The van der Waals surface area contributed by atoms with Crippen molar-refractivity contribution in [3.05, 3.63) is 69.8 Å². The number of hydrogen-bond acceptors (Lipinski definition) is 2. The third-order valence-electron chi connectivity index (χ3n) is 3.72. The summed E-state index contributed by atoms with van der Waals surface area (Å²) in [6.45, 7) is 0. The Bertz CT molecular complexity index is 714. The highest BCUT2D eigenvalue weighted by Crippen LogP contribution is 2.29. The van der Waals surface area contributed by atoms with E-state index in [4.69, 9.17) is 16.3 Å². The van der Waals surface area contributed by atoms with Crippen LogP contribution >= 0.6 is 11.6 Å². The molecule has 2 nitrogen and oxygen atoms in total. The highest BCUT2D eigenvalue weighted by atomic mass is 35.5. The molecule has 3 rings (SSSR count). The van der Waals surface area contributed by atoms with E-state index in [1.165, 1.54) is 0 Å². The molecule has 0 saturated heterocycles. The summed E-state index contributed by atoms with van der Waals surface area (Å²) in [7, 11) is 1.64. The minimum absolute atomic E-state index is 0.105. The lowest BCUT2D eigenvalue weighted by Crippen LogP contribution is -2.14. The van der Waals surface area contributed by atoms with Crippen LogP contribution in [-0.4, -0.2) is 12.9 Å². The summed E-state index contributed by atoms with van der Waals surface area (Å²) >= 11 is 5.88. The lowest BCUT2D eigenvalue weighted by Gasteiger charge is -2.18. The topological polar surface area (TPSA) is 26.3 Å². The van der Waals surface area contributed by atoms with Gasteiger partial charge in [-0.1, -0.05) is 23.7 Å². The maximum Gasteiger partial charge on any atom is 0.189 e. The van der Waals surface area contributed by atoms with Gasteiger partial charge in [0.25, 0.3) is 0 Å². The van der Waals surface area contributed by atoms with Gasteiger partial charge in [-0.25, -0.2) is 0 Å². The predicted octanol–water partition coefficient (Wildman–Crippen LogP) is 4.56. The number of hydrogen-bond donors (Lipinski definition) is 0. The number of benzene rings is 2. The van der Waals surface area contributed by atoms with Crippen LogP contribution in [0.2, 0.25) is 5.02 Å². The van der Waals surface area contributed by atoms with Gasteiger partial charge in [0, 0.05) is 16.2 Å². The Morgan fingerprint density at radius 3 is 2.57 bits per heavy atom. The van der Waals surface area contributed by atoms with E-state index in [0.717, 1.165) is 40.9 Å². The van der Waals surface area contributed by atoms with Crippen molar-refractivity contribution in [1.82, 2.24) is 0 Å². The fraction of sp³-hybridized carbons (Fsp3) is 0.167. The van der Waals surface area contributed by atoms with Gasteiger partial charge in [0.2, 0.25) is 0 Å². The highest BCUT2D eigenvalue weighted by Gasteiger charge is 2.22. The molecule has 0 aliphatic heterocycles. The minimum Gasteiger partial charge on any atom is -0.497 e. The van der Waals surface area contributed by atoms with Gasteiger partial charge in [-0.3, -0.25) is 4.79 Å². The zero-order chi connectivity index (χ0) is 14.8. The molecule has 106 valence electrons. The molecule has 0 amide bonds. The number of halogens is 1. The van der Waals surface area contributed by atoms with Crippen LogP contribution in [0.4, 0.5) is 0 Å². The summed E-state index contributed by atoms with van der Waals surface area (Å²) in [6.07, 6.45) is 3.56. The first kappa shape index (κ1) is 13.9. The maximum absolute atomic E-state index is 12.6. The number of fused-ring (bicyclic) bond motifs is 1. The number of rotatable bonds is 2. The predicted molar refractivity (Wildman–Crippen MR) is 85.1 cm³/mol. The summed E-state index contributed by atoms with van der Waals surface area (Å²) in [6, 6.07) is 13.2. The Balaban J connectivity index is 1.93.